The van der Waals surface area contributed by atoms with E-state index in [0.717, 1.165) is 30.7 Å². The van der Waals surface area contributed by atoms with Crippen LogP contribution in [0.15, 0.2) is 18.2 Å². The van der Waals surface area contributed by atoms with Crippen molar-refractivity contribution in [1.29, 1.82) is 0 Å². The van der Waals surface area contributed by atoms with Crippen molar-refractivity contribution in [3.8, 4) is 5.75 Å². The Morgan fingerprint density at radius 3 is 2.90 bits per heavy atom. The number of rotatable bonds is 6. The van der Waals surface area contributed by atoms with E-state index in [1.807, 2.05) is 13.8 Å². The van der Waals surface area contributed by atoms with E-state index in [1.165, 1.54) is 5.56 Å². The minimum atomic E-state index is -0.207. The summed E-state index contributed by atoms with van der Waals surface area (Å²) in [5.41, 5.74) is 2.23. The molecule has 1 heterocycles. The zero-order valence-electron chi connectivity index (χ0n) is 13.5. The van der Waals surface area contributed by atoms with Gasteiger partial charge in [-0.05, 0) is 32.8 Å². The Kier molecular flexibility index (Phi) is 4.88. The number of nitrogens with one attached hydrogen (secondary N) is 2. The maximum absolute atomic E-state index is 11.9. The Morgan fingerprint density at radius 1 is 1.43 bits per heavy atom. The molecule has 0 spiro atoms. The molecule has 21 heavy (non-hydrogen) atoms. The number of carbonyl (C=O) groups is 1. The summed E-state index contributed by atoms with van der Waals surface area (Å²) in [6, 6.07) is 6.03. The fraction of sp³-hybridized carbons (Fsp3) is 0.588. The van der Waals surface area contributed by atoms with E-state index in [2.05, 4.69) is 42.7 Å². The zero-order chi connectivity index (χ0) is 15.5. The van der Waals surface area contributed by atoms with Gasteiger partial charge in [-0.25, -0.2) is 0 Å². The molecule has 1 aromatic rings. The summed E-state index contributed by atoms with van der Waals surface area (Å²) < 4.78 is 6.04. The zero-order valence-corrected chi connectivity index (χ0v) is 13.5. The van der Waals surface area contributed by atoms with Crippen molar-refractivity contribution >= 4 is 5.91 Å². The second-order valence-electron chi connectivity index (χ2n) is 6.34. The maximum Gasteiger partial charge on any atom is 0.236 e. The van der Waals surface area contributed by atoms with Crippen LogP contribution in [0.4, 0.5) is 0 Å². The van der Waals surface area contributed by atoms with Gasteiger partial charge in [0, 0.05) is 25.1 Å². The molecule has 2 N–H and O–H groups in total. The first-order valence-electron chi connectivity index (χ1n) is 7.74. The molecule has 1 unspecified atom stereocenters. The molecule has 0 aliphatic carbocycles. The van der Waals surface area contributed by atoms with Crippen LogP contribution in [-0.4, -0.2) is 24.1 Å². The molecular formula is C17H26N2O2. The van der Waals surface area contributed by atoms with Crippen LogP contribution >= 0.6 is 0 Å². The molecule has 1 aliphatic heterocycles. The Balaban J connectivity index is 1.96. The van der Waals surface area contributed by atoms with Crippen molar-refractivity contribution in [2.45, 2.75) is 58.7 Å². The van der Waals surface area contributed by atoms with Crippen molar-refractivity contribution in [2.24, 2.45) is 0 Å². The van der Waals surface area contributed by atoms with Gasteiger partial charge in [0.15, 0.2) is 0 Å². The highest BCUT2D eigenvalue weighted by molar-refractivity contribution is 5.81. The molecule has 1 atom stereocenters. The van der Waals surface area contributed by atoms with Gasteiger partial charge in [0.1, 0.15) is 11.4 Å². The van der Waals surface area contributed by atoms with Gasteiger partial charge in [-0.2, -0.15) is 0 Å². The lowest BCUT2D eigenvalue weighted by atomic mass is 10.0. The maximum atomic E-state index is 11.9. The van der Waals surface area contributed by atoms with Crippen LogP contribution < -0.4 is 15.4 Å². The van der Waals surface area contributed by atoms with E-state index >= 15 is 0 Å². The van der Waals surface area contributed by atoms with Crippen molar-refractivity contribution in [3.05, 3.63) is 29.3 Å². The van der Waals surface area contributed by atoms with Crippen LogP contribution in [0.3, 0.4) is 0 Å². The van der Waals surface area contributed by atoms with E-state index in [4.69, 9.17) is 4.74 Å². The molecule has 0 saturated heterocycles. The fourth-order valence-electron chi connectivity index (χ4n) is 2.58. The number of benzene rings is 1. The molecule has 4 nitrogen and oxygen atoms in total. The summed E-state index contributed by atoms with van der Waals surface area (Å²) in [5, 5.41) is 6.17. The van der Waals surface area contributed by atoms with Crippen LogP contribution in [0.1, 0.15) is 45.2 Å². The summed E-state index contributed by atoms with van der Waals surface area (Å²) in [7, 11) is 0. The highest BCUT2D eigenvalue weighted by atomic mass is 16.5. The first-order chi connectivity index (χ1) is 9.93. The van der Waals surface area contributed by atoms with E-state index in [0.29, 0.717) is 6.54 Å². The van der Waals surface area contributed by atoms with Gasteiger partial charge in [-0.1, -0.05) is 25.1 Å². The lowest BCUT2D eigenvalue weighted by molar-refractivity contribution is -0.122. The SMILES string of the molecule is CCCNC(=O)C(C)NCc1cccc2c1OC(C)(C)C2. The van der Waals surface area contributed by atoms with Gasteiger partial charge >= 0.3 is 0 Å². The number of amides is 1. The normalized spacial score (nSPS) is 17.0. The topological polar surface area (TPSA) is 50.4 Å². The van der Waals surface area contributed by atoms with Crippen LogP contribution in [0.5, 0.6) is 5.75 Å². The molecule has 4 heteroatoms. The predicted octanol–water partition coefficient (Wildman–Crippen LogP) is 2.40. The first-order valence-corrected chi connectivity index (χ1v) is 7.74. The third kappa shape index (κ3) is 3.97. The Bertz CT molecular complexity index is 512. The Hall–Kier alpha value is -1.55. The van der Waals surface area contributed by atoms with Crippen LogP contribution in [-0.2, 0) is 17.8 Å². The number of fused-ring (bicyclic) bond motifs is 1. The second-order valence-corrected chi connectivity index (χ2v) is 6.34. The largest absolute Gasteiger partial charge is 0.487 e. The van der Waals surface area contributed by atoms with Gasteiger partial charge in [-0.15, -0.1) is 0 Å². The molecule has 0 radical (unpaired) electrons. The third-order valence-electron chi connectivity index (χ3n) is 3.71. The smallest absolute Gasteiger partial charge is 0.236 e. The number of para-hydroxylation sites is 1. The average molecular weight is 290 g/mol. The van der Waals surface area contributed by atoms with Gasteiger partial charge in [0.2, 0.25) is 5.91 Å². The average Bonchev–Trinajstić information content (AvgIpc) is 2.76. The summed E-state index contributed by atoms with van der Waals surface area (Å²) >= 11 is 0. The number of carbonyl (C=O) groups excluding carboxylic acids is 1. The summed E-state index contributed by atoms with van der Waals surface area (Å²) in [6.07, 6.45) is 1.89. The van der Waals surface area contributed by atoms with E-state index < -0.39 is 0 Å². The summed E-state index contributed by atoms with van der Waals surface area (Å²) in [4.78, 5) is 11.9. The highest BCUT2D eigenvalue weighted by Gasteiger charge is 2.31. The van der Waals surface area contributed by atoms with E-state index in [1.54, 1.807) is 0 Å². The van der Waals surface area contributed by atoms with Crippen molar-refractivity contribution in [1.82, 2.24) is 10.6 Å². The molecule has 0 fully saturated rings. The molecule has 116 valence electrons. The standard InChI is InChI=1S/C17H26N2O2/c1-5-9-18-16(20)12(2)19-11-14-8-6-7-13-10-17(3,4)21-15(13)14/h6-8,12,19H,5,9-11H2,1-4H3,(H,18,20). The molecule has 2 rings (SSSR count). The number of hydrogen-bond acceptors (Lipinski definition) is 3. The second kappa shape index (κ2) is 6.48. The molecule has 1 amide bonds. The van der Waals surface area contributed by atoms with Gasteiger partial charge < -0.3 is 15.4 Å². The molecular weight excluding hydrogens is 264 g/mol. The molecule has 0 aromatic heterocycles. The van der Waals surface area contributed by atoms with Crippen LogP contribution in [0, 0.1) is 0 Å². The lowest BCUT2D eigenvalue weighted by Crippen LogP contribution is -2.42. The van der Waals surface area contributed by atoms with Crippen molar-refractivity contribution in [2.75, 3.05) is 6.54 Å². The van der Waals surface area contributed by atoms with Gasteiger partial charge in [0.05, 0.1) is 6.04 Å². The number of ether oxygens (including phenoxy) is 1. The molecule has 1 aliphatic rings. The Morgan fingerprint density at radius 2 is 2.19 bits per heavy atom. The fourth-order valence-corrected chi connectivity index (χ4v) is 2.58. The minimum absolute atomic E-state index is 0.0469. The monoisotopic (exact) mass is 290 g/mol. The predicted molar refractivity (Wildman–Crippen MR) is 84.5 cm³/mol. The lowest BCUT2D eigenvalue weighted by Gasteiger charge is -2.19. The number of hydrogen-bond donors (Lipinski definition) is 2. The summed E-state index contributed by atoms with van der Waals surface area (Å²) in [6.45, 7) is 9.50. The highest BCUT2D eigenvalue weighted by Crippen LogP contribution is 2.37. The van der Waals surface area contributed by atoms with Gasteiger partial charge in [-0.3, -0.25) is 4.79 Å². The van der Waals surface area contributed by atoms with E-state index in [9.17, 15) is 4.79 Å². The molecule has 0 bridgehead atoms. The minimum Gasteiger partial charge on any atom is -0.487 e. The van der Waals surface area contributed by atoms with Crippen LogP contribution in [0.2, 0.25) is 0 Å². The van der Waals surface area contributed by atoms with Gasteiger partial charge in [0.25, 0.3) is 0 Å². The first kappa shape index (κ1) is 15.8. The quantitative estimate of drug-likeness (QED) is 0.846. The van der Waals surface area contributed by atoms with E-state index in [-0.39, 0.29) is 17.6 Å². The summed E-state index contributed by atoms with van der Waals surface area (Å²) in [5.74, 6) is 1.03. The third-order valence-corrected chi connectivity index (χ3v) is 3.71. The van der Waals surface area contributed by atoms with Crippen LogP contribution in [0.25, 0.3) is 0 Å². The van der Waals surface area contributed by atoms with Crippen molar-refractivity contribution < 1.29 is 9.53 Å². The Labute approximate surface area is 127 Å². The molecule has 0 saturated carbocycles. The molecule has 1 aromatic carbocycles. The van der Waals surface area contributed by atoms with Crippen molar-refractivity contribution in [3.63, 3.8) is 0 Å².